The van der Waals surface area contributed by atoms with E-state index in [-0.39, 0.29) is 5.56 Å². The van der Waals surface area contributed by atoms with Crippen LogP contribution in [-0.2, 0) is 6.54 Å². The van der Waals surface area contributed by atoms with Crippen molar-refractivity contribution in [2.45, 2.75) is 37.8 Å². The van der Waals surface area contributed by atoms with Crippen molar-refractivity contribution in [3.05, 3.63) is 70.8 Å². The number of halogens is 1. The van der Waals surface area contributed by atoms with E-state index in [1.807, 2.05) is 10.5 Å². The summed E-state index contributed by atoms with van der Waals surface area (Å²) in [5, 5.41) is 18.5. The molecule has 6 heteroatoms. The maximum absolute atomic E-state index is 11.1. The van der Waals surface area contributed by atoms with Crippen LogP contribution in [0.4, 0.5) is 0 Å². The second kappa shape index (κ2) is 9.18. The van der Waals surface area contributed by atoms with Crippen LogP contribution in [0.5, 0.6) is 0 Å². The van der Waals surface area contributed by atoms with E-state index in [1.165, 1.54) is 11.6 Å². The van der Waals surface area contributed by atoms with Gasteiger partial charge < -0.3 is 5.11 Å². The Morgan fingerprint density at radius 1 is 1.20 bits per heavy atom. The van der Waals surface area contributed by atoms with Gasteiger partial charge >= 0.3 is 5.97 Å². The average molecular weight is 424 g/mol. The fourth-order valence-corrected chi connectivity index (χ4v) is 4.86. The molecule has 4 rings (SSSR count). The van der Waals surface area contributed by atoms with E-state index in [1.54, 1.807) is 12.1 Å². The Hall–Kier alpha value is -2.39. The van der Waals surface area contributed by atoms with Gasteiger partial charge in [0.25, 0.3) is 0 Å². The molecular weight excluding hydrogens is 398 g/mol. The molecule has 1 saturated carbocycles. The number of aromatic carboxylic acids is 1. The molecule has 1 unspecified atom stereocenters. The van der Waals surface area contributed by atoms with Gasteiger partial charge in [-0.1, -0.05) is 36.4 Å². The molecule has 1 aliphatic carbocycles. The number of likely N-dealkylation sites (tertiary alicyclic amines) is 1. The summed E-state index contributed by atoms with van der Waals surface area (Å²) in [5.41, 5.74) is 2.88. The number of benzene rings is 2. The molecule has 2 atom stereocenters. The van der Waals surface area contributed by atoms with Crippen molar-refractivity contribution in [1.82, 2.24) is 9.32 Å². The van der Waals surface area contributed by atoms with Crippen LogP contribution < -0.4 is 0 Å². The van der Waals surface area contributed by atoms with Gasteiger partial charge in [0.05, 0.1) is 17.2 Å². The van der Waals surface area contributed by atoms with Crippen LogP contribution in [0.1, 0.15) is 52.2 Å². The molecule has 0 radical (unpaired) electrons. The lowest BCUT2D eigenvalue weighted by Gasteiger charge is -2.33. The smallest absolute Gasteiger partial charge is 0.335 e. The first-order valence-corrected chi connectivity index (χ1v) is 10.8. The Bertz CT molecular complexity index is 935. The van der Waals surface area contributed by atoms with Gasteiger partial charge in [-0.2, -0.15) is 5.26 Å². The minimum Gasteiger partial charge on any atom is -0.478 e. The zero-order chi connectivity index (χ0) is 21.1. The number of piperidine rings is 1. The molecular formula is C24H26ClN3O2. The fourth-order valence-electron chi connectivity index (χ4n) is 4.45. The minimum atomic E-state index is -1.00. The van der Waals surface area contributed by atoms with Crippen LogP contribution in [0, 0.1) is 17.2 Å². The Morgan fingerprint density at radius 3 is 2.60 bits per heavy atom. The molecule has 5 nitrogen and oxygen atoms in total. The molecule has 2 aliphatic rings. The summed E-state index contributed by atoms with van der Waals surface area (Å²) in [6.45, 7) is 3.53. The molecule has 1 aliphatic heterocycles. The summed E-state index contributed by atoms with van der Waals surface area (Å²) >= 11 is 6.64. The molecule has 1 saturated heterocycles. The van der Waals surface area contributed by atoms with Crippen molar-refractivity contribution in [3.8, 4) is 6.07 Å². The molecule has 2 aromatic carbocycles. The maximum atomic E-state index is 11.1. The molecule has 0 bridgehead atoms. The van der Waals surface area contributed by atoms with Crippen LogP contribution in [0.15, 0.2) is 48.5 Å². The SMILES string of the molecule is N#Cc1cc(C(=O)O)ccc1CN1CCC(CN(Cl)[C@@H]2CC2c2ccccc2)CC1. The maximum Gasteiger partial charge on any atom is 0.335 e. The van der Waals surface area contributed by atoms with Crippen LogP contribution in [0.2, 0.25) is 0 Å². The number of nitriles is 1. The van der Waals surface area contributed by atoms with Gasteiger partial charge in [0, 0.05) is 25.0 Å². The number of hydrogen-bond donors (Lipinski definition) is 1. The van der Waals surface area contributed by atoms with E-state index in [0.717, 1.165) is 44.5 Å². The van der Waals surface area contributed by atoms with E-state index in [0.29, 0.717) is 30.0 Å². The summed E-state index contributed by atoms with van der Waals surface area (Å²) in [7, 11) is 0. The summed E-state index contributed by atoms with van der Waals surface area (Å²) in [6, 6.07) is 18.0. The highest BCUT2D eigenvalue weighted by Crippen LogP contribution is 2.45. The highest BCUT2D eigenvalue weighted by molar-refractivity contribution is 6.13. The average Bonchev–Trinajstić information content (AvgIpc) is 3.57. The first-order valence-electron chi connectivity index (χ1n) is 10.5. The standard InChI is InChI=1S/C24H26ClN3O2/c25-28(23-13-22(23)18-4-2-1-3-5-18)15-17-8-10-27(11-9-17)16-20-7-6-19(24(29)30)12-21(20)14-26/h1-7,12,17,22-23H,8-11,13,15-16H2,(H,29,30)/t22?,23-/m1/s1. The van der Waals surface area contributed by atoms with E-state index < -0.39 is 5.97 Å². The van der Waals surface area contributed by atoms with Gasteiger partial charge in [-0.05, 0) is 73.3 Å². The Labute approximate surface area is 182 Å². The number of nitrogens with zero attached hydrogens (tertiary/aromatic N) is 3. The van der Waals surface area contributed by atoms with Crippen molar-refractivity contribution in [1.29, 1.82) is 5.26 Å². The normalized spacial score (nSPS) is 22.0. The summed E-state index contributed by atoms with van der Waals surface area (Å²) in [6.07, 6.45) is 3.30. The predicted octanol–water partition coefficient (Wildman–Crippen LogP) is 4.48. The summed E-state index contributed by atoms with van der Waals surface area (Å²) in [4.78, 5) is 13.5. The van der Waals surface area contributed by atoms with Crippen molar-refractivity contribution >= 4 is 17.7 Å². The second-order valence-corrected chi connectivity index (χ2v) is 8.85. The van der Waals surface area contributed by atoms with E-state index in [4.69, 9.17) is 16.9 Å². The minimum absolute atomic E-state index is 0.157. The third kappa shape index (κ3) is 4.84. The number of hydrogen-bond acceptors (Lipinski definition) is 4. The lowest BCUT2D eigenvalue weighted by Crippen LogP contribution is -2.37. The molecule has 0 spiro atoms. The molecule has 2 fully saturated rings. The zero-order valence-electron chi connectivity index (χ0n) is 16.9. The lowest BCUT2D eigenvalue weighted by atomic mass is 9.95. The van der Waals surface area contributed by atoms with E-state index in [9.17, 15) is 10.1 Å². The van der Waals surface area contributed by atoms with Crippen LogP contribution >= 0.6 is 11.8 Å². The first kappa shape index (κ1) is 20.9. The molecule has 1 N–H and O–H groups in total. The predicted molar refractivity (Wildman–Crippen MR) is 116 cm³/mol. The molecule has 0 aromatic heterocycles. The van der Waals surface area contributed by atoms with Crippen LogP contribution in [0.25, 0.3) is 0 Å². The third-order valence-electron chi connectivity index (χ3n) is 6.36. The molecule has 156 valence electrons. The highest BCUT2D eigenvalue weighted by Gasteiger charge is 2.43. The Kier molecular flexibility index (Phi) is 6.38. The quantitative estimate of drug-likeness (QED) is 0.665. The topological polar surface area (TPSA) is 67.6 Å². The Morgan fingerprint density at radius 2 is 1.93 bits per heavy atom. The lowest BCUT2D eigenvalue weighted by molar-refractivity contribution is 0.0697. The van der Waals surface area contributed by atoms with Crippen LogP contribution in [-0.4, -0.2) is 46.1 Å². The monoisotopic (exact) mass is 423 g/mol. The van der Waals surface area contributed by atoms with Gasteiger partial charge in [0.15, 0.2) is 0 Å². The van der Waals surface area contributed by atoms with Crippen molar-refractivity contribution in [3.63, 3.8) is 0 Å². The number of carboxylic acids is 1. The fraction of sp³-hybridized carbons (Fsp3) is 0.417. The third-order valence-corrected chi connectivity index (χ3v) is 6.74. The van der Waals surface area contributed by atoms with Gasteiger partial charge in [-0.3, -0.25) is 4.90 Å². The highest BCUT2D eigenvalue weighted by atomic mass is 35.5. The second-order valence-electron chi connectivity index (χ2n) is 8.41. The van der Waals surface area contributed by atoms with Crippen LogP contribution in [0.3, 0.4) is 0 Å². The van der Waals surface area contributed by atoms with Gasteiger partial charge in [0.2, 0.25) is 0 Å². The summed E-state index contributed by atoms with van der Waals surface area (Å²) in [5.74, 6) is 0.136. The largest absolute Gasteiger partial charge is 0.478 e. The number of rotatable bonds is 7. The van der Waals surface area contributed by atoms with E-state index in [2.05, 4.69) is 35.2 Å². The van der Waals surface area contributed by atoms with Crippen molar-refractivity contribution in [2.24, 2.45) is 5.92 Å². The molecule has 30 heavy (non-hydrogen) atoms. The number of carbonyl (C=O) groups is 1. The molecule has 0 amide bonds. The van der Waals surface area contributed by atoms with Crippen molar-refractivity contribution in [2.75, 3.05) is 19.6 Å². The van der Waals surface area contributed by atoms with Gasteiger partial charge in [-0.25, -0.2) is 9.21 Å². The number of carboxylic acid groups (broad SMARTS) is 1. The summed E-state index contributed by atoms with van der Waals surface area (Å²) < 4.78 is 2.02. The first-order chi connectivity index (χ1) is 14.5. The van der Waals surface area contributed by atoms with Gasteiger partial charge in [0.1, 0.15) is 0 Å². The zero-order valence-corrected chi connectivity index (χ0v) is 17.6. The molecule has 1 heterocycles. The van der Waals surface area contributed by atoms with E-state index >= 15 is 0 Å². The van der Waals surface area contributed by atoms with Gasteiger partial charge in [-0.15, -0.1) is 0 Å². The van der Waals surface area contributed by atoms with Crippen molar-refractivity contribution < 1.29 is 9.90 Å². The molecule has 2 aromatic rings. The Balaban J connectivity index is 1.26.